The van der Waals surface area contributed by atoms with E-state index in [0.717, 1.165) is 6.07 Å². The summed E-state index contributed by atoms with van der Waals surface area (Å²) in [5.41, 5.74) is 0.683. The lowest BCUT2D eigenvalue weighted by Crippen LogP contribution is -2.15. The fourth-order valence-electron chi connectivity index (χ4n) is 1.47. The third-order valence-electron chi connectivity index (χ3n) is 2.32. The second kappa shape index (κ2) is 5.35. The number of nitrogens with one attached hydrogen (secondary N) is 1. The molecule has 1 N–H and O–H groups in total. The molecule has 0 aliphatic carbocycles. The van der Waals surface area contributed by atoms with Crippen LogP contribution in [-0.4, -0.2) is 10.9 Å². The zero-order chi connectivity index (χ0) is 13.0. The van der Waals surface area contributed by atoms with Gasteiger partial charge in [-0.15, -0.1) is 0 Å². The van der Waals surface area contributed by atoms with Gasteiger partial charge in [0, 0.05) is 0 Å². The second-order valence-electron chi connectivity index (χ2n) is 3.69. The molecule has 5 heteroatoms. The molecule has 2 rings (SSSR count). The molecular formula is C13H10F2N2O. The first kappa shape index (κ1) is 12.2. The van der Waals surface area contributed by atoms with Crippen LogP contribution >= 0.6 is 0 Å². The fraction of sp³-hybridized carbons (Fsp3) is 0.0769. The van der Waals surface area contributed by atoms with Crippen LogP contribution in [0.25, 0.3) is 0 Å². The Balaban J connectivity index is 2.01. The van der Waals surface area contributed by atoms with Crippen molar-refractivity contribution in [1.82, 2.24) is 4.98 Å². The summed E-state index contributed by atoms with van der Waals surface area (Å²) in [6.45, 7) is 0. The number of aromatic nitrogens is 1. The third kappa shape index (κ3) is 3.10. The third-order valence-corrected chi connectivity index (χ3v) is 2.32. The smallest absolute Gasteiger partial charge is 0.228 e. The highest BCUT2D eigenvalue weighted by Gasteiger charge is 2.08. The summed E-state index contributed by atoms with van der Waals surface area (Å²) in [4.78, 5) is 15.0. The normalized spacial score (nSPS) is 10.1. The Hall–Kier alpha value is -2.30. The van der Waals surface area contributed by atoms with Crippen molar-refractivity contribution in [1.29, 1.82) is 0 Å². The SMILES string of the molecule is O=C(Cc1ccccc1F)Nc1ccc(F)nc1. The summed E-state index contributed by atoms with van der Waals surface area (Å²) in [6, 6.07) is 8.58. The molecule has 0 atom stereocenters. The first-order chi connectivity index (χ1) is 8.65. The van der Waals surface area contributed by atoms with Gasteiger partial charge in [-0.3, -0.25) is 4.79 Å². The summed E-state index contributed by atoms with van der Waals surface area (Å²) in [5, 5.41) is 2.51. The number of rotatable bonds is 3. The Morgan fingerprint density at radius 1 is 1.17 bits per heavy atom. The molecule has 0 radical (unpaired) electrons. The van der Waals surface area contributed by atoms with Gasteiger partial charge in [0.25, 0.3) is 0 Å². The summed E-state index contributed by atoms with van der Waals surface area (Å²) in [6.07, 6.45) is 1.12. The molecule has 0 bridgehead atoms. The Bertz CT molecular complexity index is 555. The summed E-state index contributed by atoms with van der Waals surface area (Å²) in [7, 11) is 0. The summed E-state index contributed by atoms with van der Waals surface area (Å²) >= 11 is 0. The standard InChI is InChI=1S/C13H10F2N2O/c14-11-4-2-1-3-9(11)7-13(18)17-10-5-6-12(15)16-8-10/h1-6,8H,7H2,(H,17,18). The van der Waals surface area contributed by atoms with E-state index in [9.17, 15) is 13.6 Å². The first-order valence-electron chi connectivity index (χ1n) is 5.30. The van der Waals surface area contributed by atoms with E-state index in [2.05, 4.69) is 10.3 Å². The van der Waals surface area contributed by atoms with Gasteiger partial charge in [-0.05, 0) is 23.8 Å². The molecule has 3 nitrogen and oxygen atoms in total. The van der Waals surface area contributed by atoms with Crippen LogP contribution < -0.4 is 5.32 Å². The number of anilines is 1. The zero-order valence-corrected chi connectivity index (χ0v) is 9.36. The van der Waals surface area contributed by atoms with Gasteiger partial charge in [-0.2, -0.15) is 4.39 Å². The summed E-state index contributed by atoms with van der Waals surface area (Å²) < 4.78 is 25.9. The Morgan fingerprint density at radius 3 is 2.61 bits per heavy atom. The average Bonchev–Trinajstić information content (AvgIpc) is 2.35. The maximum Gasteiger partial charge on any atom is 0.228 e. The van der Waals surface area contributed by atoms with Gasteiger partial charge in [0.15, 0.2) is 0 Å². The van der Waals surface area contributed by atoms with Gasteiger partial charge in [0.1, 0.15) is 5.82 Å². The molecule has 1 amide bonds. The minimum atomic E-state index is -0.623. The summed E-state index contributed by atoms with van der Waals surface area (Å²) in [5.74, 6) is -1.43. The van der Waals surface area contributed by atoms with Crippen LogP contribution in [0.1, 0.15) is 5.56 Å². The van der Waals surface area contributed by atoms with Crippen LogP contribution in [0.2, 0.25) is 0 Å². The van der Waals surface area contributed by atoms with E-state index in [-0.39, 0.29) is 12.3 Å². The number of hydrogen-bond donors (Lipinski definition) is 1. The minimum Gasteiger partial charge on any atom is -0.324 e. The number of nitrogens with zero attached hydrogens (tertiary/aromatic N) is 1. The van der Waals surface area contributed by atoms with Gasteiger partial charge in [-0.1, -0.05) is 18.2 Å². The van der Waals surface area contributed by atoms with Crippen LogP contribution in [0.15, 0.2) is 42.6 Å². The molecule has 1 heterocycles. The van der Waals surface area contributed by atoms with Gasteiger partial charge in [0.2, 0.25) is 11.9 Å². The van der Waals surface area contributed by atoms with E-state index in [1.165, 1.54) is 24.4 Å². The quantitative estimate of drug-likeness (QED) is 0.848. The highest BCUT2D eigenvalue weighted by atomic mass is 19.1. The van der Waals surface area contributed by atoms with E-state index in [1.54, 1.807) is 12.1 Å². The lowest BCUT2D eigenvalue weighted by molar-refractivity contribution is -0.115. The lowest BCUT2D eigenvalue weighted by Gasteiger charge is -2.05. The number of amides is 1. The number of benzene rings is 1. The second-order valence-corrected chi connectivity index (χ2v) is 3.69. The van der Waals surface area contributed by atoms with E-state index in [0.29, 0.717) is 11.3 Å². The van der Waals surface area contributed by atoms with Crippen molar-refractivity contribution in [3.05, 3.63) is 59.9 Å². The van der Waals surface area contributed by atoms with E-state index >= 15 is 0 Å². The van der Waals surface area contributed by atoms with Crippen LogP contribution in [0, 0.1) is 11.8 Å². The molecule has 18 heavy (non-hydrogen) atoms. The van der Waals surface area contributed by atoms with Crippen LogP contribution in [-0.2, 0) is 11.2 Å². The van der Waals surface area contributed by atoms with Crippen LogP contribution in [0.3, 0.4) is 0 Å². The van der Waals surface area contributed by atoms with Crippen LogP contribution in [0.5, 0.6) is 0 Å². The molecular weight excluding hydrogens is 238 g/mol. The number of pyridine rings is 1. The largest absolute Gasteiger partial charge is 0.324 e. The number of carbonyl (C=O) groups is 1. The van der Waals surface area contributed by atoms with E-state index < -0.39 is 11.8 Å². The van der Waals surface area contributed by atoms with Crippen molar-refractivity contribution < 1.29 is 13.6 Å². The van der Waals surface area contributed by atoms with Crippen molar-refractivity contribution in [2.24, 2.45) is 0 Å². The molecule has 1 aromatic heterocycles. The van der Waals surface area contributed by atoms with Crippen molar-refractivity contribution in [2.75, 3.05) is 5.32 Å². The molecule has 0 spiro atoms. The number of carbonyl (C=O) groups excluding carboxylic acids is 1. The maximum atomic E-state index is 13.3. The monoisotopic (exact) mass is 248 g/mol. The van der Waals surface area contributed by atoms with E-state index in [1.807, 2.05) is 0 Å². The molecule has 0 saturated heterocycles. The highest BCUT2D eigenvalue weighted by molar-refractivity contribution is 5.92. The topological polar surface area (TPSA) is 42.0 Å². The predicted octanol–water partition coefficient (Wildman–Crippen LogP) is 2.54. The molecule has 0 fully saturated rings. The van der Waals surface area contributed by atoms with E-state index in [4.69, 9.17) is 0 Å². The van der Waals surface area contributed by atoms with Crippen LogP contribution in [0.4, 0.5) is 14.5 Å². The lowest BCUT2D eigenvalue weighted by atomic mass is 10.1. The van der Waals surface area contributed by atoms with Crippen molar-refractivity contribution in [2.45, 2.75) is 6.42 Å². The molecule has 0 aliphatic rings. The Labute approximate surface area is 102 Å². The molecule has 2 aromatic rings. The van der Waals surface area contributed by atoms with Crippen molar-refractivity contribution >= 4 is 11.6 Å². The maximum absolute atomic E-state index is 13.3. The van der Waals surface area contributed by atoms with Gasteiger partial charge >= 0.3 is 0 Å². The van der Waals surface area contributed by atoms with Gasteiger partial charge in [-0.25, -0.2) is 9.37 Å². The van der Waals surface area contributed by atoms with Gasteiger partial charge in [0.05, 0.1) is 18.3 Å². The van der Waals surface area contributed by atoms with Crippen molar-refractivity contribution in [3.8, 4) is 0 Å². The number of halogens is 2. The highest BCUT2D eigenvalue weighted by Crippen LogP contribution is 2.10. The first-order valence-corrected chi connectivity index (χ1v) is 5.30. The minimum absolute atomic E-state index is 0.0793. The zero-order valence-electron chi connectivity index (χ0n) is 9.36. The Kier molecular flexibility index (Phi) is 3.62. The fourth-order valence-corrected chi connectivity index (χ4v) is 1.47. The molecule has 0 unspecified atom stereocenters. The average molecular weight is 248 g/mol. The molecule has 92 valence electrons. The van der Waals surface area contributed by atoms with Crippen molar-refractivity contribution in [3.63, 3.8) is 0 Å². The predicted molar refractivity (Wildman–Crippen MR) is 62.9 cm³/mol. The molecule has 0 saturated carbocycles. The Morgan fingerprint density at radius 2 is 1.94 bits per heavy atom. The molecule has 1 aromatic carbocycles. The molecule has 0 aliphatic heterocycles. The van der Waals surface area contributed by atoms with Gasteiger partial charge < -0.3 is 5.32 Å². The number of hydrogen-bond acceptors (Lipinski definition) is 2.